The summed E-state index contributed by atoms with van der Waals surface area (Å²) in [5.74, 6) is -0.755. The molecule has 0 aliphatic heterocycles. The van der Waals surface area contributed by atoms with Gasteiger partial charge >= 0.3 is 0 Å². The molecule has 0 amide bonds. The summed E-state index contributed by atoms with van der Waals surface area (Å²) in [7, 11) is -3.49. The van der Waals surface area contributed by atoms with Gasteiger partial charge in [-0.25, -0.2) is 17.5 Å². The SMILES string of the molecule is CC(CO)C(C)NS(=O)(=O)Cc1ccc(F)cc1. The van der Waals surface area contributed by atoms with Crippen molar-refractivity contribution >= 4 is 10.0 Å². The zero-order chi connectivity index (χ0) is 13.8. The number of benzene rings is 1. The molecule has 0 bridgehead atoms. The highest BCUT2D eigenvalue weighted by atomic mass is 32.2. The van der Waals surface area contributed by atoms with Crippen molar-refractivity contribution in [3.05, 3.63) is 35.6 Å². The van der Waals surface area contributed by atoms with Gasteiger partial charge in [-0.15, -0.1) is 0 Å². The third-order valence-electron chi connectivity index (χ3n) is 2.78. The Balaban J connectivity index is 2.68. The second-order valence-corrected chi connectivity index (χ2v) is 6.21. The number of halogens is 1. The first-order valence-corrected chi connectivity index (χ1v) is 7.34. The Labute approximate surface area is 107 Å². The number of rotatable bonds is 6. The Hall–Kier alpha value is -0.980. The molecule has 0 aliphatic rings. The number of aliphatic hydroxyl groups is 1. The zero-order valence-electron chi connectivity index (χ0n) is 10.4. The Kier molecular flexibility index (Phi) is 5.25. The minimum absolute atomic E-state index is 0.0831. The lowest BCUT2D eigenvalue weighted by atomic mass is 10.1. The van der Waals surface area contributed by atoms with Gasteiger partial charge in [0.1, 0.15) is 5.82 Å². The van der Waals surface area contributed by atoms with Crippen molar-refractivity contribution in [2.45, 2.75) is 25.6 Å². The number of hydrogen-bond acceptors (Lipinski definition) is 3. The fourth-order valence-corrected chi connectivity index (χ4v) is 2.91. The van der Waals surface area contributed by atoms with Crippen molar-refractivity contribution in [2.75, 3.05) is 6.61 Å². The highest BCUT2D eigenvalue weighted by molar-refractivity contribution is 7.88. The Morgan fingerprint density at radius 1 is 1.28 bits per heavy atom. The van der Waals surface area contributed by atoms with Crippen LogP contribution in [-0.4, -0.2) is 26.2 Å². The van der Waals surface area contributed by atoms with Crippen molar-refractivity contribution in [1.29, 1.82) is 0 Å². The lowest BCUT2D eigenvalue weighted by Crippen LogP contribution is -2.38. The lowest BCUT2D eigenvalue weighted by Gasteiger charge is -2.19. The molecule has 6 heteroatoms. The summed E-state index contributed by atoms with van der Waals surface area (Å²) in [6.45, 7) is 3.37. The molecule has 1 aromatic rings. The van der Waals surface area contributed by atoms with E-state index in [1.807, 2.05) is 0 Å². The quantitative estimate of drug-likeness (QED) is 0.821. The van der Waals surface area contributed by atoms with Gasteiger partial charge in [0.15, 0.2) is 0 Å². The fourth-order valence-electron chi connectivity index (χ4n) is 1.40. The van der Waals surface area contributed by atoms with Crippen molar-refractivity contribution in [3.63, 3.8) is 0 Å². The molecule has 0 saturated carbocycles. The lowest BCUT2D eigenvalue weighted by molar-refractivity contribution is 0.216. The van der Waals surface area contributed by atoms with E-state index in [9.17, 15) is 12.8 Å². The molecule has 0 aliphatic carbocycles. The van der Waals surface area contributed by atoms with Crippen LogP contribution in [0.25, 0.3) is 0 Å². The van der Waals surface area contributed by atoms with Crippen LogP contribution in [0, 0.1) is 11.7 Å². The standard InChI is InChI=1S/C12H18FNO3S/c1-9(7-15)10(2)14-18(16,17)8-11-3-5-12(13)6-4-11/h3-6,9-10,14-15H,7-8H2,1-2H3. The summed E-state index contributed by atoms with van der Waals surface area (Å²) in [6.07, 6.45) is 0. The minimum atomic E-state index is -3.49. The summed E-state index contributed by atoms with van der Waals surface area (Å²) in [6, 6.07) is 4.99. The highest BCUT2D eigenvalue weighted by Gasteiger charge is 2.19. The van der Waals surface area contributed by atoms with Crippen LogP contribution < -0.4 is 4.72 Å². The van der Waals surface area contributed by atoms with E-state index in [0.29, 0.717) is 5.56 Å². The van der Waals surface area contributed by atoms with Crippen molar-refractivity contribution in [3.8, 4) is 0 Å². The maximum absolute atomic E-state index is 12.7. The smallest absolute Gasteiger partial charge is 0.216 e. The van der Waals surface area contributed by atoms with E-state index >= 15 is 0 Å². The van der Waals surface area contributed by atoms with Gasteiger partial charge in [-0.1, -0.05) is 19.1 Å². The van der Waals surface area contributed by atoms with E-state index in [-0.39, 0.29) is 24.3 Å². The molecule has 0 aromatic heterocycles. The van der Waals surface area contributed by atoms with Crippen LogP contribution in [0.5, 0.6) is 0 Å². The fraction of sp³-hybridized carbons (Fsp3) is 0.500. The largest absolute Gasteiger partial charge is 0.396 e. The van der Waals surface area contributed by atoms with Crippen LogP contribution in [0.2, 0.25) is 0 Å². The predicted molar refractivity (Wildman–Crippen MR) is 67.9 cm³/mol. The molecular weight excluding hydrogens is 257 g/mol. The third kappa shape index (κ3) is 4.72. The van der Waals surface area contributed by atoms with Gasteiger partial charge in [0.25, 0.3) is 0 Å². The Bertz CT molecular complexity index is 473. The van der Waals surface area contributed by atoms with Gasteiger partial charge in [-0.3, -0.25) is 0 Å². The highest BCUT2D eigenvalue weighted by Crippen LogP contribution is 2.09. The Morgan fingerprint density at radius 2 is 1.83 bits per heavy atom. The second-order valence-electron chi connectivity index (χ2n) is 4.45. The van der Waals surface area contributed by atoms with Gasteiger partial charge in [0.05, 0.1) is 5.75 Å². The molecule has 2 atom stereocenters. The zero-order valence-corrected chi connectivity index (χ0v) is 11.2. The molecule has 2 unspecified atom stereocenters. The molecule has 0 fully saturated rings. The molecule has 4 nitrogen and oxygen atoms in total. The molecule has 0 heterocycles. The first-order chi connectivity index (χ1) is 8.34. The maximum atomic E-state index is 12.7. The molecule has 0 radical (unpaired) electrons. The van der Waals surface area contributed by atoms with Gasteiger partial charge in [-0.2, -0.15) is 0 Å². The third-order valence-corrected chi connectivity index (χ3v) is 4.22. The van der Waals surface area contributed by atoms with Crippen LogP contribution in [0.15, 0.2) is 24.3 Å². The van der Waals surface area contributed by atoms with E-state index in [1.165, 1.54) is 24.3 Å². The molecular formula is C12H18FNO3S. The molecule has 18 heavy (non-hydrogen) atoms. The van der Waals surface area contributed by atoms with Crippen molar-refractivity contribution in [2.24, 2.45) is 5.92 Å². The molecule has 1 aromatic carbocycles. The van der Waals surface area contributed by atoms with Crippen LogP contribution >= 0.6 is 0 Å². The number of sulfonamides is 1. The van der Waals surface area contributed by atoms with Gasteiger partial charge < -0.3 is 5.11 Å². The summed E-state index contributed by atoms with van der Waals surface area (Å²) < 4.78 is 38.8. The summed E-state index contributed by atoms with van der Waals surface area (Å²) in [4.78, 5) is 0. The van der Waals surface area contributed by atoms with Gasteiger partial charge in [0.2, 0.25) is 10.0 Å². The second kappa shape index (κ2) is 6.26. The van der Waals surface area contributed by atoms with E-state index < -0.39 is 15.8 Å². The van der Waals surface area contributed by atoms with Gasteiger partial charge in [0, 0.05) is 12.6 Å². The van der Waals surface area contributed by atoms with Crippen LogP contribution in [-0.2, 0) is 15.8 Å². The van der Waals surface area contributed by atoms with E-state index in [4.69, 9.17) is 5.11 Å². The number of aliphatic hydroxyl groups excluding tert-OH is 1. The van der Waals surface area contributed by atoms with Crippen molar-refractivity contribution in [1.82, 2.24) is 4.72 Å². The normalized spacial score (nSPS) is 15.3. The minimum Gasteiger partial charge on any atom is -0.396 e. The molecule has 0 saturated heterocycles. The Morgan fingerprint density at radius 3 is 2.33 bits per heavy atom. The predicted octanol–water partition coefficient (Wildman–Crippen LogP) is 1.26. The summed E-state index contributed by atoms with van der Waals surface area (Å²) >= 11 is 0. The summed E-state index contributed by atoms with van der Waals surface area (Å²) in [5, 5.41) is 8.95. The average molecular weight is 275 g/mol. The van der Waals surface area contributed by atoms with E-state index in [0.717, 1.165) is 0 Å². The molecule has 0 spiro atoms. The van der Waals surface area contributed by atoms with Crippen LogP contribution in [0.3, 0.4) is 0 Å². The van der Waals surface area contributed by atoms with E-state index in [2.05, 4.69) is 4.72 Å². The van der Waals surface area contributed by atoms with E-state index in [1.54, 1.807) is 13.8 Å². The number of nitrogens with one attached hydrogen (secondary N) is 1. The van der Waals surface area contributed by atoms with Crippen LogP contribution in [0.4, 0.5) is 4.39 Å². The van der Waals surface area contributed by atoms with Crippen LogP contribution in [0.1, 0.15) is 19.4 Å². The van der Waals surface area contributed by atoms with Gasteiger partial charge in [-0.05, 0) is 30.5 Å². The first kappa shape index (κ1) is 15.1. The molecule has 1 rings (SSSR count). The average Bonchev–Trinajstić information content (AvgIpc) is 2.30. The van der Waals surface area contributed by atoms with Crippen molar-refractivity contribution < 1.29 is 17.9 Å². The topological polar surface area (TPSA) is 66.4 Å². The maximum Gasteiger partial charge on any atom is 0.216 e. The monoisotopic (exact) mass is 275 g/mol. The number of hydrogen-bond donors (Lipinski definition) is 2. The molecule has 2 N–H and O–H groups in total. The molecule has 102 valence electrons. The summed E-state index contributed by atoms with van der Waals surface area (Å²) in [5.41, 5.74) is 0.521. The first-order valence-electron chi connectivity index (χ1n) is 5.69.